The van der Waals surface area contributed by atoms with Crippen LogP contribution in [0.2, 0.25) is 0 Å². The molecule has 0 radical (unpaired) electrons. The minimum Gasteiger partial charge on any atom is -0.506 e. The van der Waals surface area contributed by atoms with Gasteiger partial charge in [0.2, 0.25) is 0 Å². The number of ether oxygens (including phenoxy) is 1. The monoisotopic (exact) mass is 461 g/mol. The molecule has 166 valence electrons. The van der Waals surface area contributed by atoms with Gasteiger partial charge in [-0.3, -0.25) is 0 Å². The predicted octanol–water partition coefficient (Wildman–Crippen LogP) is 5.84. The summed E-state index contributed by atoms with van der Waals surface area (Å²) in [6.07, 6.45) is 1.57. The first-order valence-corrected chi connectivity index (χ1v) is 10.9. The van der Waals surface area contributed by atoms with Crippen LogP contribution < -0.4 is 0 Å². The van der Waals surface area contributed by atoms with Gasteiger partial charge in [0, 0.05) is 5.56 Å². The maximum absolute atomic E-state index is 12.5. The minimum absolute atomic E-state index is 0.0139. The molecule has 0 bridgehead atoms. The molecule has 1 aliphatic rings. The second-order valence-corrected chi connectivity index (χ2v) is 7.89. The highest BCUT2D eigenvalue weighted by molar-refractivity contribution is 8.18. The van der Waals surface area contributed by atoms with Crippen molar-refractivity contribution < 1.29 is 29.0 Å². The average molecular weight is 461 g/mol. The summed E-state index contributed by atoms with van der Waals surface area (Å²) in [6.45, 7) is 1.84. The first kappa shape index (κ1) is 22.2. The van der Waals surface area contributed by atoms with E-state index < -0.39 is 11.9 Å². The first-order valence-electron chi connectivity index (χ1n) is 10.0. The zero-order valence-electron chi connectivity index (χ0n) is 17.5. The number of hydrogen-bond donors (Lipinski definition) is 2. The lowest BCUT2D eigenvalue weighted by molar-refractivity contribution is -0.138. The lowest BCUT2D eigenvalue weighted by atomic mass is 10.1. The Kier molecular flexibility index (Phi) is 6.46. The summed E-state index contributed by atoms with van der Waals surface area (Å²) in [6, 6.07) is 18.9. The summed E-state index contributed by atoms with van der Waals surface area (Å²) in [7, 11) is 0. The van der Waals surface area contributed by atoms with Crippen molar-refractivity contribution in [1.82, 2.24) is 0 Å². The zero-order valence-corrected chi connectivity index (χ0v) is 18.3. The number of carbonyl (C=O) groups excluding carboxylic acids is 1. The van der Waals surface area contributed by atoms with Crippen LogP contribution in [-0.4, -0.2) is 33.8 Å². The average Bonchev–Trinajstić information content (AvgIpc) is 3.39. The fourth-order valence-electron chi connectivity index (χ4n) is 3.20. The first-order chi connectivity index (χ1) is 16.0. The van der Waals surface area contributed by atoms with E-state index in [-0.39, 0.29) is 23.5 Å². The van der Waals surface area contributed by atoms with Gasteiger partial charge in [-0.05, 0) is 43.3 Å². The molecule has 1 aromatic heterocycles. The molecule has 8 heteroatoms. The Bertz CT molecular complexity index is 1300. The molecule has 0 saturated heterocycles. The molecule has 0 atom stereocenters. The molecule has 0 fully saturated rings. The number of para-hydroxylation sites is 1. The van der Waals surface area contributed by atoms with E-state index in [1.165, 1.54) is 6.07 Å². The molecule has 0 unspecified atom stereocenters. The molecule has 7 nitrogen and oxygen atoms in total. The number of rotatable bonds is 6. The third-order valence-electron chi connectivity index (χ3n) is 4.68. The number of carbonyl (C=O) groups is 2. The van der Waals surface area contributed by atoms with Crippen molar-refractivity contribution in [1.29, 1.82) is 0 Å². The van der Waals surface area contributed by atoms with Crippen molar-refractivity contribution in [3.8, 4) is 11.3 Å². The quantitative estimate of drug-likeness (QED) is 0.444. The minimum atomic E-state index is -1.06. The molecule has 2 aromatic carbocycles. The van der Waals surface area contributed by atoms with Gasteiger partial charge in [-0.15, -0.1) is 0 Å². The number of aliphatic imine (C=N–C) groups is 1. The second kappa shape index (κ2) is 9.62. The number of aliphatic hydroxyl groups is 1. The summed E-state index contributed by atoms with van der Waals surface area (Å²) in [5.41, 5.74) is 1.17. The van der Waals surface area contributed by atoms with E-state index in [2.05, 4.69) is 4.99 Å². The Hall–Kier alpha value is -4.04. The number of hydrogen-bond acceptors (Lipinski definition) is 7. The highest BCUT2D eigenvalue weighted by atomic mass is 32.2. The highest BCUT2D eigenvalue weighted by Crippen LogP contribution is 2.40. The highest BCUT2D eigenvalue weighted by Gasteiger charge is 2.33. The molecule has 0 spiro atoms. The van der Waals surface area contributed by atoms with Crippen molar-refractivity contribution >= 4 is 40.5 Å². The number of nitrogens with zero attached hydrogens (tertiary/aromatic N) is 1. The van der Waals surface area contributed by atoms with Crippen LogP contribution in [0.5, 0.6) is 0 Å². The molecular formula is C25H19NO6S. The standard InChI is InChI=1S/C25H19NO6S/c1-2-31-25(30)21-22(27)20(33-23(21)26-15-8-4-3-5-9-15)14-16-12-13-19(32-16)17-10-6-7-11-18(17)24(28)29/h3-14,27H,2H2,1H3,(H,28,29)/b20-14-,26-23?. The fraction of sp³-hybridized carbons (Fsp3) is 0.0800. The summed E-state index contributed by atoms with van der Waals surface area (Å²) >= 11 is 1.12. The molecule has 4 rings (SSSR count). The third-order valence-corrected chi connectivity index (χ3v) is 5.70. The summed E-state index contributed by atoms with van der Waals surface area (Å²) < 4.78 is 10.9. The SMILES string of the molecule is CCOC(=O)C1=C(O)/C(=C/c2ccc(-c3ccccc3C(=O)O)o2)SC1=Nc1ccccc1. The smallest absolute Gasteiger partial charge is 0.344 e. The summed E-state index contributed by atoms with van der Waals surface area (Å²) in [5.74, 6) is -1.23. The van der Waals surface area contributed by atoms with Gasteiger partial charge >= 0.3 is 11.9 Å². The van der Waals surface area contributed by atoms with Gasteiger partial charge in [-0.25, -0.2) is 14.6 Å². The second-order valence-electron chi connectivity index (χ2n) is 6.86. The van der Waals surface area contributed by atoms with Crippen LogP contribution in [0.25, 0.3) is 17.4 Å². The summed E-state index contributed by atoms with van der Waals surface area (Å²) in [4.78, 5) is 28.9. The van der Waals surface area contributed by atoms with Gasteiger partial charge in [0.05, 0.1) is 22.8 Å². The van der Waals surface area contributed by atoms with Crippen molar-refractivity contribution in [2.45, 2.75) is 6.92 Å². The Morgan fingerprint density at radius 2 is 1.79 bits per heavy atom. The van der Waals surface area contributed by atoms with E-state index in [1.54, 1.807) is 55.5 Å². The van der Waals surface area contributed by atoms with Gasteiger partial charge < -0.3 is 19.4 Å². The Balaban J connectivity index is 1.71. The van der Waals surface area contributed by atoms with E-state index in [0.717, 1.165) is 11.8 Å². The van der Waals surface area contributed by atoms with E-state index in [9.17, 15) is 19.8 Å². The fourth-order valence-corrected chi connectivity index (χ4v) is 4.22. The van der Waals surface area contributed by atoms with Crippen LogP contribution in [-0.2, 0) is 9.53 Å². The molecule has 0 amide bonds. The lowest BCUT2D eigenvalue weighted by Crippen LogP contribution is -2.12. The molecule has 0 saturated carbocycles. The lowest BCUT2D eigenvalue weighted by Gasteiger charge is -2.03. The largest absolute Gasteiger partial charge is 0.506 e. The van der Waals surface area contributed by atoms with Crippen molar-refractivity contribution in [3.63, 3.8) is 0 Å². The number of aliphatic hydroxyl groups excluding tert-OH is 1. The Labute approximate surface area is 193 Å². The third kappa shape index (κ3) is 4.75. The van der Waals surface area contributed by atoms with E-state index >= 15 is 0 Å². The predicted molar refractivity (Wildman–Crippen MR) is 126 cm³/mol. The van der Waals surface area contributed by atoms with Gasteiger partial charge in [0.15, 0.2) is 0 Å². The zero-order chi connectivity index (χ0) is 23.4. The van der Waals surface area contributed by atoms with Gasteiger partial charge in [-0.2, -0.15) is 0 Å². The van der Waals surface area contributed by atoms with Crippen molar-refractivity contribution in [2.24, 2.45) is 4.99 Å². The summed E-state index contributed by atoms with van der Waals surface area (Å²) in [5, 5.41) is 20.5. The van der Waals surface area contributed by atoms with Crippen molar-refractivity contribution in [2.75, 3.05) is 6.61 Å². The van der Waals surface area contributed by atoms with Crippen LogP contribution in [0, 0.1) is 0 Å². The topological polar surface area (TPSA) is 109 Å². The maximum atomic E-state index is 12.5. The molecule has 1 aliphatic heterocycles. The number of carboxylic acids is 1. The number of carboxylic acid groups (broad SMARTS) is 1. The van der Waals surface area contributed by atoms with Gasteiger partial charge in [-0.1, -0.05) is 48.2 Å². The van der Waals surface area contributed by atoms with Gasteiger partial charge in [0.1, 0.15) is 27.9 Å². The molecule has 33 heavy (non-hydrogen) atoms. The molecular weight excluding hydrogens is 442 g/mol. The normalized spacial score (nSPS) is 15.9. The number of thioether (sulfide) groups is 1. The molecule has 3 aromatic rings. The number of benzene rings is 2. The van der Waals surface area contributed by atoms with Crippen LogP contribution in [0.4, 0.5) is 5.69 Å². The number of aromatic carboxylic acids is 1. The number of furan rings is 1. The van der Waals surface area contributed by atoms with Crippen molar-refractivity contribution in [3.05, 3.63) is 94.3 Å². The van der Waals surface area contributed by atoms with Crippen LogP contribution in [0.3, 0.4) is 0 Å². The van der Waals surface area contributed by atoms with Crippen LogP contribution in [0.1, 0.15) is 23.0 Å². The Morgan fingerprint density at radius 1 is 1.06 bits per heavy atom. The molecule has 2 N–H and O–H groups in total. The molecule has 0 aliphatic carbocycles. The van der Waals surface area contributed by atoms with Gasteiger partial charge in [0.25, 0.3) is 0 Å². The maximum Gasteiger partial charge on any atom is 0.344 e. The van der Waals surface area contributed by atoms with Crippen LogP contribution >= 0.6 is 11.8 Å². The van der Waals surface area contributed by atoms with Crippen LogP contribution in [0.15, 0.2) is 92.4 Å². The van der Waals surface area contributed by atoms with E-state index in [0.29, 0.717) is 32.7 Å². The van der Waals surface area contributed by atoms with E-state index in [4.69, 9.17) is 9.15 Å². The number of esters is 1. The Morgan fingerprint density at radius 3 is 2.52 bits per heavy atom. The van der Waals surface area contributed by atoms with E-state index in [1.807, 2.05) is 18.2 Å². The molecule has 2 heterocycles.